The van der Waals surface area contributed by atoms with Crippen LogP contribution >= 0.6 is 0 Å². The van der Waals surface area contributed by atoms with Crippen molar-refractivity contribution in [1.29, 1.82) is 0 Å². The number of hydrogen-bond donors (Lipinski definition) is 0. The number of hydrogen-bond acceptors (Lipinski definition) is 4. The van der Waals surface area contributed by atoms with Crippen LogP contribution in [0.5, 0.6) is 5.75 Å². The van der Waals surface area contributed by atoms with Crippen LogP contribution in [-0.2, 0) is 6.61 Å². The van der Waals surface area contributed by atoms with Crippen molar-refractivity contribution in [1.82, 2.24) is 10.3 Å². The zero-order chi connectivity index (χ0) is 11.5. The maximum Gasteiger partial charge on any atom is 0.145 e. The van der Waals surface area contributed by atoms with Gasteiger partial charge in [-0.15, -0.1) is 0 Å². The minimum absolute atomic E-state index is 0.390. The van der Waals surface area contributed by atoms with E-state index in [4.69, 9.17) is 4.74 Å². The van der Waals surface area contributed by atoms with E-state index in [1.807, 2.05) is 39.0 Å². The van der Waals surface area contributed by atoms with Gasteiger partial charge in [-0.3, -0.25) is 0 Å². The Morgan fingerprint density at radius 1 is 1.12 bits per heavy atom. The number of benzene rings is 1. The first-order valence-corrected chi connectivity index (χ1v) is 5.15. The second kappa shape index (κ2) is 4.35. The van der Waals surface area contributed by atoms with Crippen LogP contribution in [0.1, 0.15) is 22.5 Å². The number of para-hydroxylation sites is 1. The van der Waals surface area contributed by atoms with E-state index in [2.05, 4.69) is 14.9 Å². The Bertz CT molecular complexity index is 471. The third-order valence-electron chi connectivity index (χ3n) is 2.51. The second-order valence-electron chi connectivity index (χ2n) is 3.81. The summed E-state index contributed by atoms with van der Waals surface area (Å²) in [7, 11) is 0. The van der Waals surface area contributed by atoms with Gasteiger partial charge in [0.05, 0.1) is 0 Å². The standard InChI is InChI=1S/C12H14N2O2/c1-8-5-4-6-9(2)12(8)15-7-11-10(3)13-16-14-11/h4-6H,7H2,1-3H3. The molecule has 0 saturated carbocycles. The highest BCUT2D eigenvalue weighted by Crippen LogP contribution is 2.23. The molecule has 0 fully saturated rings. The molecule has 4 nitrogen and oxygen atoms in total. The topological polar surface area (TPSA) is 48.2 Å². The van der Waals surface area contributed by atoms with Crippen molar-refractivity contribution in [3.05, 3.63) is 40.7 Å². The molecule has 0 bridgehead atoms. The Kier molecular flexibility index (Phi) is 2.90. The van der Waals surface area contributed by atoms with Gasteiger partial charge in [0.2, 0.25) is 0 Å². The van der Waals surface area contributed by atoms with Crippen LogP contribution in [0.3, 0.4) is 0 Å². The summed E-state index contributed by atoms with van der Waals surface area (Å²) in [6, 6.07) is 6.06. The number of ether oxygens (including phenoxy) is 1. The van der Waals surface area contributed by atoms with Gasteiger partial charge >= 0.3 is 0 Å². The molecule has 84 valence electrons. The predicted molar refractivity (Wildman–Crippen MR) is 59.3 cm³/mol. The van der Waals surface area contributed by atoms with Crippen LogP contribution in [0.25, 0.3) is 0 Å². The van der Waals surface area contributed by atoms with Gasteiger partial charge in [0.25, 0.3) is 0 Å². The van der Waals surface area contributed by atoms with Crippen molar-refractivity contribution in [3.8, 4) is 5.75 Å². The van der Waals surface area contributed by atoms with E-state index in [1.165, 1.54) is 0 Å². The van der Waals surface area contributed by atoms with Crippen molar-refractivity contribution >= 4 is 0 Å². The molecule has 0 unspecified atom stereocenters. The molecule has 1 aromatic carbocycles. The fourth-order valence-corrected chi connectivity index (χ4v) is 1.55. The van der Waals surface area contributed by atoms with Crippen LogP contribution < -0.4 is 4.74 Å². The summed E-state index contributed by atoms with van der Waals surface area (Å²) in [4.78, 5) is 0. The molecular formula is C12H14N2O2. The first-order valence-electron chi connectivity index (χ1n) is 5.15. The predicted octanol–water partition coefficient (Wildman–Crippen LogP) is 2.57. The normalized spacial score (nSPS) is 10.4. The Labute approximate surface area is 94.2 Å². The molecule has 1 heterocycles. The van der Waals surface area contributed by atoms with Gasteiger partial charge < -0.3 is 4.74 Å². The van der Waals surface area contributed by atoms with E-state index in [9.17, 15) is 0 Å². The molecule has 2 rings (SSSR count). The summed E-state index contributed by atoms with van der Waals surface area (Å²) in [5.41, 5.74) is 3.75. The summed E-state index contributed by atoms with van der Waals surface area (Å²) in [5, 5.41) is 7.49. The fourth-order valence-electron chi connectivity index (χ4n) is 1.55. The highest BCUT2D eigenvalue weighted by molar-refractivity contribution is 5.39. The zero-order valence-electron chi connectivity index (χ0n) is 9.65. The van der Waals surface area contributed by atoms with Gasteiger partial charge in [-0.2, -0.15) is 0 Å². The lowest BCUT2D eigenvalue weighted by molar-refractivity contribution is 0.268. The SMILES string of the molecule is Cc1cccc(C)c1OCc1nonc1C. The molecule has 0 saturated heterocycles. The van der Waals surface area contributed by atoms with Crippen molar-refractivity contribution in [3.63, 3.8) is 0 Å². The van der Waals surface area contributed by atoms with Gasteiger partial charge in [-0.05, 0) is 31.9 Å². The van der Waals surface area contributed by atoms with Crippen LogP contribution in [0.2, 0.25) is 0 Å². The number of aromatic nitrogens is 2. The number of nitrogens with zero attached hydrogens (tertiary/aromatic N) is 2. The van der Waals surface area contributed by atoms with E-state index in [1.54, 1.807) is 0 Å². The maximum absolute atomic E-state index is 5.73. The highest BCUT2D eigenvalue weighted by atomic mass is 16.6. The molecular weight excluding hydrogens is 204 g/mol. The Balaban J connectivity index is 2.14. The summed E-state index contributed by atoms with van der Waals surface area (Å²) < 4.78 is 10.3. The molecule has 1 aromatic heterocycles. The molecule has 0 radical (unpaired) electrons. The third-order valence-corrected chi connectivity index (χ3v) is 2.51. The first-order chi connectivity index (χ1) is 7.68. The molecule has 0 aliphatic rings. The summed E-state index contributed by atoms with van der Waals surface area (Å²) in [6.07, 6.45) is 0. The summed E-state index contributed by atoms with van der Waals surface area (Å²) >= 11 is 0. The van der Waals surface area contributed by atoms with E-state index >= 15 is 0 Å². The van der Waals surface area contributed by atoms with E-state index in [0.717, 1.165) is 28.3 Å². The van der Waals surface area contributed by atoms with Gasteiger partial charge in [-0.1, -0.05) is 28.5 Å². The van der Waals surface area contributed by atoms with Crippen LogP contribution in [0.15, 0.2) is 22.8 Å². The lowest BCUT2D eigenvalue weighted by Crippen LogP contribution is -2.00. The Hall–Kier alpha value is -1.84. The van der Waals surface area contributed by atoms with Crippen molar-refractivity contribution in [2.24, 2.45) is 0 Å². The van der Waals surface area contributed by atoms with Gasteiger partial charge in [-0.25, -0.2) is 4.63 Å². The van der Waals surface area contributed by atoms with Crippen LogP contribution in [0, 0.1) is 20.8 Å². The highest BCUT2D eigenvalue weighted by Gasteiger charge is 2.08. The first kappa shape index (κ1) is 10.7. The quantitative estimate of drug-likeness (QED) is 0.794. The fraction of sp³-hybridized carbons (Fsp3) is 0.333. The van der Waals surface area contributed by atoms with Crippen molar-refractivity contribution in [2.75, 3.05) is 0 Å². The average Bonchev–Trinajstić information content (AvgIpc) is 2.64. The minimum Gasteiger partial charge on any atom is -0.487 e. The second-order valence-corrected chi connectivity index (χ2v) is 3.81. The molecule has 0 aliphatic carbocycles. The van der Waals surface area contributed by atoms with E-state index in [0.29, 0.717) is 6.61 Å². The molecule has 16 heavy (non-hydrogen) atoms. The van der Waals surface area contributed by atoms with E-state index in [-0.39, 0.29) is 0 Å². The summed E-state index contributed by atoms with van der Waals surface area (Å²) in [6.45, 7) is 6.29. The van der Waals surface area contributed by atoms with Crippen LogP contribution in [0.4, 0.5) is 0 Å². The smallest absolute Gasteiger partial charge is 0.145 e. The lowest BCUT2D eigenvalue weighted by atomic mass is 10.1. The average molecular weight is 218 g/mol. The molecule has 0 atom stereocenters. The molecule has 4 heteroatoms. The lowest BCUT2D eigenvalue weighted by Gasteiger charge is -2.10. The van der Waals surface area contributed by atoms with Gasteiger partial charge in [0, 0.05) is 0 Å². The number of aryl methyl sites for hydroxylation is 3. The molecule has 0 amide bonds. The zero-order valence-corrected chi connectivity index (χ0v) is 9.65. The minimum atomic E-state index is 0.390. The Morgan fingerprint density at radius 2 is 1.81 bits per heavy atom. The van der Waals surface area contributed by atoms with Crippen LogP contribution in [-0.4, -0.2) is 10.3 Å². The van der Waals surface area contributed by atoms with Gasteiger partial charge in [0.1, 0.15) is 23.7 Å². The van der Waals surface area contributed by atoms with Gasteiger partial charge in [0.15, 0.2) is 0 Å². The van der Waals surface area contributed by atoms with E-state index < -0.39 is 0 Å². The molecule has 0 aliphatic heterocycles. The summed E-state index contributed by atoms with van der Waals surface area (Å²) in [5.74, 6) is 0.907. The number of rotatable bonds is 3. The van der Waals surface area contributed by atoms with Crippen molar-refractivity contribution < 1.29 is 9.37 Å². The maximum atomic E-state index is 5.73. The molecule has 0 N–H and O–H groups in total. The molecule has 0 spiro atoms. The monoisotopic (exact) mass is 218 g/mol. The Morgan fingerprint density at radius 3 is 2.38 bits per heavy atom. The molecule has 2 aromatic rings. The van der Waals surface area contributed by atoms with Crippen molar-refractivity contribution in [2.45, 2.75) is 27.4 Å². The largest absolute Gasteiger partial charge is 0.487 e. The third kappa shape index (κ3) is 2.05.